The van der Waals surface area contributed by atoms with Gasteiger partial charge in [0.15, 0.2) is 0 Å². The monoisotopic (exact) mass is 1790 g/mol. The minimum absolute atomic E-state index is 0.00453. The molecule has 24 aromatic rings. The number of nitrogens with zero attached hydrogens (tertiary/aromatic N) is 3. The van der Waals surface area contributed by atoms with Gasteiger partial charge in [0, 0.05) is 124 Å². The maximum absolute atomic E-state index is 6.32. The molecule has 137 heavy (non-hydrogen) atoms. The van der Waals surface area contributed by atoms with Crippen LogP contribution in [-0.2, 0) is 16.2 Å². The summed E-state index contributed by atoms with van der Waals surface area (Å²) >= 11 is 3.85. The molecular formula is C131H95N3OS2. The molecule has 0 N–H and O–H groups in total. The summed E-state index contributed by atoms with van der Waals surface area (Å²) in [4.78, 5) is 7.17. The second kappa shape index (κ2) is 33.2. The summed E-state index contributed by atoms with van der Waals surface area (Å²) in [6, 6.07) is 170. The smallest absolute Gasteiger partial charge is 0.135 e. The van der Waals surface area contributed by atoms with E-state index in [0.717, 1.165) is 62.1 Å². The van der Waals surface area contributed by atoms with E-state index in [1.54, 1.807) is 0 Å². The van der Waals surface area contributed by atoms with Crippen molar-refractivity contribution in [3.63, 3.8) is 0 Å². The van der Waals surface area contributed by atoms with E-state index in [-0.39, 0.29) is 16.2 Å². The van der Waals surface area contributed by atoms with Crippen LogP contribution in [0.1, 0.15) is 74.9 Å². The lowest BCUT2D eigenvalue weighted by Crippen LogP contribution is -2.16. The molecule has 652 valence electrons. The van der Waals surface area contributed by atoms with E-state index in [9.17, 15) is 0 Å². The van der Waals surface area contributed by atoms with Crippen molar-refractivity contribution in [2.45, 2.75) is 57.8 Å². The fraction of sp³-hybridized carbons (Fsp3) is 0.0687. The quantitative estimate of drug-likeness (QED) is 0.115. The number of thiophene rings is 2. The van der Waals surface area contributed by atoms with Crippen molar-refractivity contribution in [2.75, 3.05) is 14.7 Å². The lowest BCUT2D eigenvalue weighted by molar-refractivity contribution is 0.647. The molecule has 3 aromatic heterocycles. The second-order valence-electron chi connectivity index (χ2n) is 38.2. The second-order valence-corrected chi connectivity index (χ2v) is 40.3. The molecule has 0 unspecified atom stereocenters. The van der Waals surface area contributed by atoms with Gasteiger partial charge >= 0.3 is 0 Å². The van der Waals surface area contributed by atoms with Crippen LogP contribution in [0.5, 0.6) is 0 Å². The predicted octanol–water partition coefficient (Wildman–Crippen LogP) is 38.0. The van der Waals surface area contributed by atoms with Crippen LogP contribution in [0, 0.1) is 0 Å². The van der Waals surface area contributed by atoms with Crippen LogP contribution in [-0.4, -0.2) is 0 Å². The van der Waals surface area contributed by atoms with E-state index in [4.69, 9.17) is 4.42 Å². The molecule has 3 aliphatic rings. The Kier molecular flexibility index (Phi) is 20.0. The summed E-state index contributed by atoms with van der Waals surface area (Å²) in [5, 5.41) is 12.7. The van der Waals surface area contributed by atoms with Crippen LogP contribution in [0.2, 0.25) is 0 Å². The van der Waals surface area contributed by atoms with Gasteiger partial charge in [0.05, 0.1) is 5.69 Å². The van der Waals surface area contributed by atoms with Gasteiger partial charge in [-0.25, -0.2) is 0 Å². The number of furan rings is 1. The zero-order valence-electron chi connectivity index (χ0n) is 77.0. The maximum Gasteiger partial charge on any atom is 0.135 e. The van der Waals surface area contributed by atoms with Crippen molar-refractivity contribution in [2.24, 2.45) is 0 Å². The Labute approximate surface area is 806 Å². The fourth-order valence-electron chi connectivity index (χ4n) is 22.1. The van der Waals surface area contributed by atoms with Gasteiger partial charge in [-0.1, -0.05) is 363 Å². The molecule has 0 atom stereocenters. The van der Waals surface area contributed by atoms with Gasteiger partial charge in [0.25, 0.3) is 0 Å². The molecule has 0 spiro atoms. The Hall–Kier alpha value is -16.2. The zero-order valence-corrected chi connectivity index (χ0v) is 78.7. The molecule has 3 aliphatic carbocycles. The molecule has 0 fully saturated rings. The minimum Gasteiger partial charge on any atom is -0.456 e. The molecule has 4 nitrogen and oxygen atoms in total. The molecule has 6 heteroatoms. The van der Waals surface area contributed by atoms with E-state index < -0.39 is 0 Å². The highest BCUT2D eigenvalue weighted by Crippen LogP contribution is 2.59. The van der Waals surface area contributed by atoms with Gasteiger partial charge in [-0.05, 0) is 267 Å². The Morgan fingerprint density at radius 3 is 1.14 bits per heavy atom. The largest absolute Gasteiger partial charge is 0.456 e. The highest BCUT2D eigenvalue weighted by molar-refractivity contribution is 7.27. The summed E-state index contributed by atoms with van der Waals surface area (Å²) in [7, 11) is 0. The molecule has 27 rings (SSSR count). The van der Waals surface area contributed by atoms with E-state index >= 15 is 0 Å². The normalized spacial score (nSPS) is 13.2. The number of benzene rings is 21. The van der Waals surface area contributed by atoms with Crippen molar-refractivity contribution in [1.82, 2.24) is 0 Å². The average molecular weight is 1790 g/mol. The highest BCUT2D eigenvalue weighted by Gasteiger charge is 2.41. The van der Waals surface area contributed by atoms with Crippen LogP contribution in [0.3, 0.4) is 0 Å². The van der Waals surface area contributed by atoms with E-state index in [1.165, 1.54) is 184 Å². The topological polar surface area (TPSA) is 22.9 Å². The Morgan fingerprint density at radius 2 is 0.591 bits per heavy atom. The van der Waals surface area contributed by atoms with Crippen molar-refractivity contribution >= 4 is 158 Å². The molecule has 21 aromatic carbocycles. The van der Waals surface area contributed by atoms with Crippen LogP contribution >= 0.6 is 22.7 Å². The third-order valence-electron chi connectivity index (χ3n) is 29.2. The lowest BCUT2D eigenvalue weighted by atomic mass is 9.82. The zero-order chi connectivity index (χ0) is 91.8. The molecular weight excluding hydrogens is 1700 g/mol. The number of hydrogen-bond donors (Lipinski definition) is 0. The Bertz CT molecular complexity index is 8750. The summed E-state index contributed by atoms with van der Waals surface area (Å²) < 4.78 is 11.7. The van der Waals surface area contributed by atoms with Crippen LogP contribution in [0.25, 0.3) is 162 Å². The molecule has 0 amide bonds. The first-order chi connectivity index (χ1) is 67.2. The predicted molar refractivity (Wildman–Crippen MR) is 586 cm³/mol. The van der Waals surface area contributed by atoms with Crippen molar-refractivity contribution < 1.29 is 4.42 Å². The van der Waals surface area contributed by atoms with E-state index in [2.05, 4.69) is 517 Å². The number of para-hydroxylation sites is 3. The Balaban J connectivity index is 0.000000109. The fourth-order valence-corrected chi connectivity index (χ4v) is 24.7. The summed E-state index contributed by atoms with van der Waals surface area (Å²) in [5.74, 6) is 0. The maximum atomic E-state index is 6.32. The van der Waals surface area contributed by atoms with Gasteiger partial charge in [-0.15, -0.1) is 22.7 Å². The third kappa shape index (κ3) is 14.1. The number of fused-ring (bicyclic) bond motifs is 22. The lowest BCUT2D eigenvalue weighted by Gasteiger charge is -2.28. The van der Waals surface area contributed by atoms with Gasteiger partial charge in [0.2, 0.25) is 0 Å². The number of rotatable bonds is 13. The molecule has 0 saturated carbocycles. The van der Waals surface area contributed by atoms with Crippen molar-refractivity contribution in [3.05, 3.63) is 500 Å². The van der Waals surface area contributed by atoms with Crippen LogP contribution in [0.15, 0.2) is 472 Å². The number of hydrogen-bond acceptors (Lipinski definition) is 6. The first kappa shape index (κ1) is 82.7. The van der Waals surface area contributed by atoms with Crippen molar-refractivity contribution in [1.29, 1.82) is 0 Å². The van der Waals surface area contributed by atoms with E-state index in [1.807, 2.05) is 28.7 Å². The molecule has 0 bridgehead atoms. The van der Waals surface area contributed by atoms with Crippen LogP contribution < -0.4 is 14.7 Å². The van der Waals surface area contributed by atoms with Gasteiger partial charge in [-0.3, -0.25) is 0 Å². The standard InChI is InChI=1S/C45H33NO.2C43H31NS/c1-45(2)41-27-36(25-26-37(41)39-28-40-38-15-9-10-16-43(38)47-44(40)29-42(39)45)46(34-21-17-32(18-22-34)30-11-5-3-6-12-30)35-23-19-33(20-24-35)31-13-7-4-8-14-31;1-43(2)36-16-9-8-15-34(36)40-37(43)26-25-35-41-38(17-10-18-39(41)45-42(35)40)44(32-13-4-3-5-14-32)33-23-21-29(22-24-33)31-20-19-28-11-6-7-12-30(28)27-31;1-43(2)38-15-9-8-14-36(38)41-39(43)24-23-35-37-27-34(22-25-40(37)45-42(35)41)44(32-12-4-3-5-13-32)33-20-18-29(19-21-33)31-17-16-28-10-6-7-11-30(28)26-31/h3-29H,1-2H3;2*3-27H,1-2H3. The minimum atomic E-state index is -0.187. The molecule has 0 saturated heterocycles. The third-order valence-corrected chi connectivity index (χ3v) is 31.6. The van der Waals surface area contributed by atoms with Gasteiger partial charge in [0.1, 0.15) is 11.2 Å². The molecule has 0 radical (unpaired) electrons. The Morgan fingerprint density at radius 1 is 0.197 bits per heavy atom. The highest BCUT2D eigenvalue weighted by atomic mass is 32.1. The number of anilines is 9. The summed E-state index contributed by atoms with van der Waals surface area (Å²) in [6.45, 7) is 14.1. The van der Waals surface area contributed by atoms with Gasteiger partial charge in [-0.2, -0.15) is 0 Å². The average Bonchev–Trinajstić information content (AvgIpc) is 1.57. The van der Waals surface area contributed by atoms with E-state index in [0.29, 0.717) is 0 Å². The van der Waals surface area contributed by atoms with Crippen molar-refractivity contribution in [3.8, 4) is 77.9 Å². The van der Waals surface area contributed by atoms with Crippen LogP contribution in [0.4, 0.5) is 51.2 Å². The first-order valence-electron chi connectivity index (χ1n) is 47.5. The van der Waals surface area contributed by atoms with Gasteiger partial charge < -0.3 is 19.1 Å². The molecule has 0 aliphatic heterocycles. The summed E-state index contributed by atoms with van der Waals surface area (Å²) in [5.41, 5.74) is 38.2. The SMILES string of the molecule is CC1(C)c2cc(N(c3ccc(-c4ccccc4)cc3)c3ccc(-c4ccccc4)cc3)ccc2-c2cc3c(cc21)oc1ccccc13.CC1(C)c2ccccc2-c2c1ccc1c2sc2ccc(N(c3ccccc3)c3ccc(-c4ccc5ccccc5c4)cc3)cc21.CC1(C)c2ccccc2-c2c1ccc1c2sc2cccc(N(c3ccccc3)c3ccc(-c4ccc5ccccc5c4)cc3)c21. The molecule has 3 heterocycles. The summed E-state index contributed by atoms with van der Waals surface area (Å²) in [6.07, 6.45) is 0. The first-order valence-corrected chi connectivity index (χ1v) is 49.1.